The van der Waals surface area contributed by atoms with Crippen LogP contribution < -0.4 is 5.73 Å². The summed E-state index contributed by atoms with van der Waals surface area (Å²) < 4.78 is 62.6. The second-order valence-electron chi connectivity index (χ2n) is 4.23. The number of hydrogen-bond acceptors (Lipinski definition) is 2. The first kappa shape index (κ1) is 14.3. The van der Waals surface area contributed by atoms with Gasteiger partial charge in [-0.1, -0.05) is 0 Å². The van der Waals surface area contributed by atoms with Crippen LogP contribution in [0.25, 0.3) is 11.1 Å². The number of nitrogens with zero attached hydrogens (tertiary/aromatic N) is 2. The summed E-state index contributed by atoms with van der Waals surface area (Å²) in [5.74, 6) is 0. The third-order valence-corrected chi connectivity index (χ3v) is 2.54. The van der Waals surface area contributed by atoms with Crippen molar-refractivity contribution in [2.45, 2.75) is 19.1 Å². The highest BCUT2D eigenvalue weighted by atomic mass is 19.4. The third kappa shape index (κ3) is 3.46. The lowest BCUT2D eigenvalue weighted by Gasteiger charge is -2.06. The summed E-state index contributed by atoms with van der Waals surface area (Å²) in [7, 11) is 0. The van der Waals surface area contributed by atoms with Gasteiger partial charge in [0.05, 0.1) is 6.20 Å². The van der Waals surface area contributed by atoms with Crippen LogP contribution in [0.15, 0.2) is 30.6 Å². The molecule has 3 nitrogen and oxygen atoms in total. The van der Waals surface area contributed by atoms with Crippen molar-refractivity contribution in [2.24, 2.45) is 0 Å². The predicted molar refractivity (Wildman–Crippen MR) is 63.1 cm³/mol. The molecule has 0 aliphatic carbocycles. The van der Waals surface area contributed by atoms with Crippen molar-refractivity contribution in [1.29, 1.82) is 0 Å². The van der Waals surface area contributed by atoms with Crippen molar-refractivity contribution in [3.63, 3.8) is 0 Å². The molecule has 20 heavy (non-hydrogen) atoms. The SMILES string of the molecule is Nc1cc(-c2cnn(CC(F)(F)F)c2)cc(C(F)F)c1. The minimum Gasteiger partial charge on any atom is -0.399 e. The number of benzene rings is 1. The normalized spacial score (nSPS) is 12.1. The number of rotatable bonds is 3. The van der Waals surface area contributed by atoms with E-state index in [4.69, 9.17) is 5.73 Å². The molecule has 1 heterocycles. The Morgan fingerprint density at radius 3 is 2.45 bits per heavy atom. The maximum absolute atomic E-state index is 12.6. The molecule has 0 unspecified atom stereocenters. The molecule has 108 valence electrons. The molecule has 0 atom stereocenters. The average Bonchev–Trinajstić information content (AvgIpc) is 2.74. The zero-order valence-electron chi connectivity index (χ0n) is 10.0. The first-order chi connectivity index (χ1) is 9.24. The topological polar surface area (TPSA) is 43.8 Å². The van der Waals surface area contributed by atoms with E-state index in [-0.39, 0.29) is 11.3 Å². The number of aromatic nitrogens is 2. The minimum atomic E-state index is -4.40. The van der Waals surface area contributed by atoms with Crippen LogP contribution >= 0.6 is 0 Å². The van der Waals surface area contributed by atoms with Gasteiger partial charge in [0.1, 0.15) is 6.54 Å². The van der Waals surface area contributed by atoms with Crippen LogP contribution in [0.5, 0.6) is 0 Å². The molecule has 0 bridgehead atoms. The van der Waals surface area contributed by atoms with E-state index in [1.54, 1.807) is 0 Å². The van der Waals surface area contributed by atoms with Crippen LogP contribution in [0.3, 0.4) is 0 Å². The molecule has 0 fully saturated rings. The number of nitrogen functional groups attached to an aromatic ring is 1. The van der Waals surface area contributed by atoms with Crippen molar-refractivity contribution in [1.82, 2.24) is 9.78 Å². The van der Waals surface area contributed by atoms with Gasteiger partial charge >= 0.3 is 6.18 Å². The summed E-state index contributed by atoms with van der Waals surface area (Å²) in [5.41, 5.74) is 5.92. The van der Waals surface area contributed by atoms with E-state index in [1.165, 1.54) is 18.3 Å². The molecule has 0 saturated heterocycles. The molecular formula is C12H10F5N3. The maximum Gasteiger partial charge on any atom is 0.408 e. The first-order valence-electron chi connectivity index (χ1n) is 5.53. The summed E-state index contributed by atoms with van der Waals surface area (Å²) >= 11 is 0. The van der Waals surface area contributed by atoms with Gasteiger partial charge in [0.25, 0.3) is 6.43 Å². The summed E-state index contributed by atoms with van der Waals surface area (Å²) in [4.78, 5) is 0. The van der Waals surface area contributed by atoms with Crippen LogP contribution in [-0.2, 0) is 6.54 Å². The molecule has 0 saturated carbocycles. The fourth-order valence-corrected chi connectivity index (χ4v) is 1.75. The molecular weight excluding hydrogens is 281 g/mol. The van der Waals surface area contributed by atoms with Crippen molar-refractivity contribution in [3.05, 3.63) is 36.2 Å². The zero-order valence-corrected chi connectivity index (χ0v) is 10.0. The van der Waals surface area contributed by atoms with Gasteiger partial charge < -0.3 is 5.73 Å². The predicted octanol–water partition coefficient (Wildman–Crippen LogP) is 3.63. The number of hydrogen-bond donors (Lipinski definition) is 1. The summed E-state index contributed by atoms with van der Waals surface area (Å²) in [5, 5.41) is 3.55. The lowest BCUT2D eigenvalue weighted by Crippen LogP contribution is -2.17. The molecule has 1 aromatic carbocycles. The van der Waals surface area contributed by atoms with E-state index >= 15 is 0 Å². The Balaban J connectivity index is 2.32. The molecule has 2 N–H and O–H groups in total. The van der Waals surface area contributed by atoms with E-state index in [1.807, 2.05) is 0 Å². The summed E-state index contributed by atoms with van der Waals surface area (Å²) in [6.07, 6.45) is -4.79. The van der Waals surface area contributed by atoms with Gasteiger partial charge in [-0.3, -0.25) is 4.68 Å². The van der Waals surface area contributed by atoms with E-state index in [2.05, 4.69) is 5.10 Å². The zero-order chi connectivity index (χ0) is 14.9. The molecule has 0 radical (unpaired) electrons. The van der Waals surface area contributed by atoms with Crippen LogP contribution in [0.2, 0.25) is 0 Å². The Hall–Kier alpha value is -2.12. The molecule has 1 aromatic heterocycles. The summed E-state index contributed by atoms with van der Waals surface area (Å²) in [6, 6.07) is 3.70. The molecule has 0 aliphatic heterocycles. The Labute approximate surface area is 110 Å². The van der Waals surface area contributed by atoms with Crippen LogP contribution in [0, 0.1) is 0 Å². The third-order valence-electron chi connectivity index (χ3n) is 2.54. The van der Waals surface area contributed by atoms with E-state index < -0.39 is 19.1 Å². The van der Waals surface area contributed by atoms with Crippen molar-refractivity contribution in [3.8, 4) is 11.1 Å². The second-order valence-corrected chi connectivity index (χ2v) is 4.23. The summed E-state index contributed by atoms with van der Waals surface area (Å²) in [6.45, 7) is -1.24. The van der Waals surface area contributed by atoms with E-state index in [0.29, 0.717) is 15.8 Å². The highest BCUT2D eigenvalue weighted by Crippen LogP contribution is 2.29. The highest BCUT2D eigenvalue weighted by molar-refractivity contribution is 5.67. The molecule has 8 heteroatoms. The lowest BCUT2D eigenvalue weighted by molar-refractivity contribution is -0.142. The van der Waals surface area contributed by atoms with E-state index in [0.717, 1.165) is 12.3 Å². The van der Waals surface area contributed by atoms with E-state index in [9.17, 15) is 22.0 Å². The van der Waals surface area contributed by atoms with Crippen LogP contribution in [-0.4, -0.2) is 16.0 Å². The monoisotopic (exact) mass is 291 g/mol. The average molecular weight is 291 g/mol. The fourth-order valence-electron chi connectivity index (χ4n) is 1.75. The molecule has 0 aliphatic rings. The second kappa shape index (κ2) is 5.10. The van der Waals surface area contributed by atoms with Gasteiger partial charge in [-0.25, -0.2) is 8.78 Å². The molecule has 2 aromatic rings. The largest absolute Gasteiger partial charge is 0.408 e. The van der Waals surface area contributed by atoms with Gasteiger partial charge in [0, 0.05) is 23.0 Å². The van der Waals surface area contributed by atoms with Gasteiger partial charge in [-0.05, 0) is 23.8 Å². The quantitative estimate of drug-likeness (QED) is 0.693. The Morgan fingerprint density at radius 1 is 1.15 bits per heavy atom. The molecule has 0 amide bonds. The lowest BCUT2D eigenvalue weighted by atomic mass is 10.1. The molecule has 2 rings (SSSR count). The maximum atomic E-state index is 12.6. The molecule has 0 spiro atoms. The standard InChI is InChI=1S/C12H10F5N3/c13-11(14)8-1-7(2-10(18)3-8)9-4-19-20(5-9)6-12(15,16)17/h1-5,11H,6,18H2. The van der Waals surface area contributed by atoms with Crippen molar-refractivity contribution >= 4 is 5.69 Å². The number of anilines is 1. The van der Waals surface area contributed by atoms with Crippen molar-refractivity contribution < 1.29 is 22.0 Å². The fraction of sp³-hybridized carbons (Fsp3) is 0.250. The Morgan fingerprint density at radius 2 is 1.85 bits per heavy atom. The van der Waals surface area contributed by atoms with Crippen molar-refractivity contribution in [2.75, 3.05) is 5.73 Å². The first-order valence-corrected chi connectivity index (χ1v) is 5.53. The van der Waals surface area contributed by atoms with Gasteiger partial charge in [0.2, 0.25) is 0 Å². The van der Waals surface area contributed by atoms with Gasteiger partial charge in [0.15, 0.2) is 0 Å². The van der Waals surface area contributed by atoms with Crippen LogP contribution in [0.4, 0.5) is 27.6 Å². The smallest absolute Gasteiger partial charge is 0.399 e. The minimum absolute atomic E-state index is 0.112. The Bertz CT molecular complexity index is 603. The Kier molecular flexibility index (Phi) is 3.65. The number of halogens is 5. The number of alkyl halides is 5. The highest BCUT2D eigenvalue weighted by Gasteiger charge is 2.28. The number of nitrogens with two attached hydrogens (primary N) is 1. The van der Waals surface area contributed by atoms with Crippen LogP contribution in [0.1, 0.15) is 12.0 Å². The van der Waals surface area contributed by atoms with Gasteiger partial charge in [-0.15, -0.1) is 0 Å². The van der Waals surface area contributed by atoms with Gasteiger partial charge in [-0.2, -0.15) is 18.3 Å².